The van der Waals surface area contributed by atoms with E-state index in [1.165, 1.54) is 4.90 Å². The van der Waals surface area contributed by atoms with E-state index in [0.29, 0.717) is 32.2 Å². The molecule has 0 aromatic rings. The molecule has 2 atom stereocenters. The number of allylic oxidation sites excluding steroid dienone is 1. The highest BCUT2D eigenvalue weighted by atomic mass is 16.6. The number of carbonyl (C=O) groups excluding carboxylic acids is 4. The Kier molecular flexibility index (Phi) is 10.7. The molecule has 32 heavy (non-hydrogen) atoms. The number of ether oxygens (including phenoxy) is 2. The molecule has 0 aromatic heterocycles. The number of nitrogens with zero attached hydrogens (tertiary/aromatic N) is 1. The van der Waals surface area contributed by atoms with E-state index in [2.05, 4.69) is 10.6 Å². The van der Waals surface area contributed by atoms with Crippen LogP contribution in [-0.4, -0.2) is 65.7 Å². The monoisotopic (exact) mass is 453 g/mol. The number of carbonyl (C=O) groups is 4. The summed E-state index contributed by atoms with van der Waals surface area (Å²) in [5.74, 6) is -1.31. The Morgan fingerprint density at radius 1 is 1.25 bits per heavy atom. The molecule has 0 radical (unpaired) electrons. The smallest absolute Gasteiger partial charge is 0.408 e. The third-order valence-corrected chi connectivity index (χ3v) is 5.12. The van der Waals surface area contributed by atoms with Crippen molar-refractivity contribution in [2.24, 2.45) is 0 Å². The van der Waals surface area contributed by atoms with Crippen LogP contribution in [0.2, 0.25) is 0 Å². The zero-order valence-corrected chi connectivity index (χ0v) is 20.3. The molecule has 0 fully saturated rings. The summed E-state index contributed by atoms with van der Waals surface area (Å²) in [4.78, 5) is 52.3. The van der Waals surface area contributed by atoms with Gasteiger partial charge in [0.05, 0.1) is 6.61 Å². The number of esters is 1. The van der Waals surface area contributed by atoms with E-state index in [1.54, 1.807) is 34.6 Å². The van der Waals surface area contributed by atoms with E-state index >= 15 is 0 Å². The van der Waals surface area contributed by atoms with E-state index in [1.807, 2.05) is 19.1 Å². The molecule has 1 aliphatic rings. The predicted octanol–water partition coefficient (Wildman–Crippen LogP) is 2.69. The molecule has 1 heterocycles. The summed E-state index contributed by atoms with van der Waals surface area (Å²) >= 11 is 0. The summed E-state index contributed by atoms with van der Waals surface area (Å²) in [6.07, 6.45) is 5.84. The lowest BCUT2D eigenvalue weighted by Gasteiger charge is -2.40. The van der Waals surface area contributed by atoms with Gasteiger partial charge in [-0.3, -0.25) is 9.59 Å². The molecule has 2 N–H and O–H groups in total. The van der Waals surface area contributed by atoms with Crippen LogP contribution in [0.3, 0.4) is 0 Å². The molecule has 182 valence electrons. The minimum atomic E-state index is -1.19. The number of rotatable bonds is 8. The molecule has 0 saturated carbocycles. The quantitative estimate of drug-likeness (QED) is 0.431. The first-order valence-electron chi connectivity index (χ1n) is 11.3. The van der Waals surface area contributed by atoms with Crippen LogP contribution in [0, 0.1) is 0 Å². The maximum Gasteiger partial charge on any atom is 0.408 e. The molecule has 0 unspecified atom stereocenters. The molecule has 1 aliphatic heterocycles. The van der Waals surface area contributed by atoms with E-state index < -0.39 is 41.1 Å². The summed E-state index contributed by atoms with van der Waals surface area (Å²) in [7, 11) is 0. The van der Waals surface area contributed by atoms with Crippen LogP contribution in [0.4, 0.5) is 4.79 Å². The Bertz CT molecular complexity index is 700. The first-order chi connectivity index (χ1) is 14.9. The van der Waals surface area contributed by atoms with Crippen molar-refractivity contribution in [3.05, 3.63) is 12.2 Å². The lowest BCUT2D eigenvalue weighted by molar-refractivity contribution is -0.151. The van der Waals surface area contributed by atoms with Crippen LogP contribution in [0.15, 0.2) is 12.2 Å². The second kappa shape index (κ2) is 12.5. The fourth-order valence-corrected chi connectivity index (χ4v) is 3.38. The number of unbranched alkanes of at least 4 members (excludes halogenated alkanes) is 1. The molecule has 0 aliphatic carbocycles. The topological polar surface area (TPSA) is 114 Å². The van der Waals surface area contributed by atoms with Crippen LogP contribution < -0.4 is 10.6 Å². The fourth-order valence-electron chi connectivity index (χ4n) is 3.38. The summed E-state index contributed by atoms with van der Waals surface area (Å²) in [5.41, 5.74) is -1.88. The third kappa shape index (κ3) is 8.51. The maximum atomic E-state index is 13.3. The molecule has 0 saturated heterocycles. The zero-order valence-electron chi connectivity index (χ0n) is 20.3. The summed E-state index contributed by atoms with van der Waals surface area (Å²) in [5, 5.41) is 5.25. The number of alkyl carbamates (subject to hydrolysis) is 1. The van der Waals surface area contributed by atoms with Gasteiger partial charge < -0.3 is 25.0 Å². The number of amides is 3. The molecule has 9 heteroatoms. The average molecular weight is 454 g/mol. The minimum absolute atomic E-state index is 0.212. The van der Waals surface area contributed by atoms with Gasteiger partial charge in [-0.15, -0.1) is 0 Å². The van der Waals surface area contributed by atoms with Gasteiger partial charge in [0, 0.05) is 6.54 Å². The number of hydrogen-bond acceptors (Lipinski definition) is 6. The molecule has 1 rings (SSSR count). The SMILES string of the molecule is CCCCN(C(=O)CNC(=O)OC(C)(C)C)[C@@]1(C)CC/C=C\C[C@@H](C(=O)OCC)NC1=O. The van der Waals surface area contributed by atoms with Crippen molar-refractivity contribution in [1.82, 2.24) is 15.5 Å². The molecule has 3 amide bonds. The van der Waals surface area contributed by atoms with Gasteiger partial charge in [-0.05, 0) is 60.3 Å². The summed E-state index contributed by atoms with van der Waals surface area (Å²) < 4.78 is 10.3. The third-order valence-electron chi connectivity index (χ3n) is 5.12. The van der Waals surface area contributed by atoms with Crippen molar-refractivity contribution in [1.29, 1.82) is 0 Å². The molecule has 0 bridgehead atoms. The first kappa shape index (κ1) is 27.5. The van der Waals surface area contributed by atoms with Crippen molar-refractivity contribution in [3.63, 3.8) is 0 Å². The van der Waals surface area contributed by atoms with E-state index in [9.17, 15) is 19.2 Å². The van der Waals surface area contributed by atoms with E-state index in [4.69, 9.17) is 9.47 Å². The lowest BCUT2D eigenvalue weighted by atomic mass is 9.91. The highest BCUT2D eigenvalue weighted by molar-refractivity contribution is 5.94. The highest BCUT2D eigenvalue weighted by Crippen LogP contribution is 2.25. The second-order valence-electron chi connectivity index (χ2n) is 9.05. The standard InChI is InChI=1S/C23H39N3O6/c1-7-9-15-26(18(27)16-24-21(30)32-22(3,4)5)23(6)14-12-10-11-13-17(25-20(23)29)19(28)31-8-2/h10-11,17H,7-9,12-16H2,1-6H3,(H,24,30)(H,25,29)/b11-10-/t17-,23-/m0/s1. The maximum absolute atomic E-state index is 13.3. The molecular weight excluding hydrogens is 414 g/mol. The van der Waals surface area contributed by atoms with Gasteiger partial charge in [0.25, 0.3) is 0 Å². The van der Waals surface area contributed by atoms with Crippen molar-refractivity contribution < 1.29 is 28.7 Å². The Morgan fingerprint density at radius 2 is 1.94 bits per heavy atom. The van der Waals surface area contributed by atoms with Gasteiger partial charge in [-0.2, -0.15) is 0 Å². The highest BCUT2D eigenvalue weighted by Gasteiger charge is 2.43. The Morgan fingerprint density at radius 3 is 2.53 bits per heavy atom. The Balaban J connectivity index is 3.07. The van der Waals surface area contributed by atoms with Crippen molar-refractivity contribution >= 4 is 23.9 Å². The number of nitrogens with one attached hydrogen (secondary N) is 2. The van der Waals surface area contributed by atoms with Crippen molar-refractivity contribution in [2.75, 3.05) is 19.7 Å². The van der Waals surface area contributed by atoms with Gasteiger partial charge in [0.15, 0.2) is 0 Å². The fraction of sp³-hybridized carbons (Fsp3) is 0.739. The Labute approximate surface area is 191 Å². The van der Waals surface area contributed by atoms with Crippen LogP contribution in [0.5, 0.6) is 0 Å². The molecule has 9 nitrogen and oxygen atoms in total. The largest absolute Gasteiger partial charge is 0.464 e. The van der Waals surface area contributed by atoms with Crippen molar-refractivity contribution in [3.8, 4) is 0 Å². The van der Waals surface area contributed by atoms with E-state index in [-0.39, 0.29) is 13.2 Å². The van der Waals surface area contributed by atoms with Gasteiger partial charge in [-0.25, -0.2) is 9.59 Å². The molecule has 0 aromatic carbocycles. The van der Waals surface area contributed by atoms with Crippen LogP contribution in [0.25, 0.3) is 0 Å². The molecular formula is C23H39N3O6. The predicted molar refractivity (Wildman–Crippen MR) is 121 cm³/mol. The summed E-state index contributed by atoms with van der Waals surface area (Å²) in [6, 6.07) is -0.820. The van der Waals surface area contributed by atoms with Crippen LogP contribution >= 0.6 is 0 Å². The molecule has 0 spiro atoms. The normalized spacial score (nSPS) is 22.4. The second-order valence-corrected chi connectivity index (χ2v) is 9.05. The average Bonchev–Trinajstić information content (AvgIpc) is 2.76. The zero-order chi connectivity index (χ0) is 24.4. The first-order valence-corrected chi connectivity index (χ1v) is 11.3. The number of hydrogen-bond donors (Lipinski definition) is 2. The van der Waals surface area contributed by atoms with Gasteiger partial charge in [0.1, 0.15) is 23.7 Å². The minimum Gasteiger partial charge on any atom is -0.464 e. The van der Waals surface area contributed by atoms with E-state index in [0.717, 1.165) is 6.42 Å². The summed E-state index contributed by atoms with van der Waals surface area (Å²) in [6.45, 7) is 10.9. The van der Waals surface area contributed by atoms with Gasteiger partial charge in [-0.1, -0.05) is 25.5 Å². The lowest BCUT2D eigenvalue weighted by Crippen LogP contribution is -2.62. The van der Waals surface area contributed by atoms with Crippen LogP contribution in [0.1, 0.15) is 73.6 Å². The van der Waals surface area contributed by atoms with Gasteiger partial charge >= 0.3 is 12.1 Å². The van der Waals surface area contributed by atoms with Crippen molar-refractivity contribution in [2.45, 2.75) is 90.8 Å². The van der Waals surface area contributed by atoms with Gasteiger partial charge in [0.2, 0.25) is 11.8 Å². The van der Waals surface area contributed by atoms with Crippen LogP contribution in [-0.2, 0) is 23.9 Å². The Hall–Kier alpha value is -2.58.